The second-order valence-corrected chi connectivity index (χ2v) is 3.28. The number of H-pyrrole nitrogens is 1. The number of nitrogens with one attached hydrogen (secondary N) is 2. The van der Waals surface area contributed by atoms with Gasteiger partial charge in [-0.2, -0.15) is 0 Å². The Bertz CT molecular complexity index is 467. The molecule has 2 N–H and O–H groups in total. The smallest absolute Gasteiger partial charge is 0.273 e. The summed E-state index contributed by atoms with van der Waals surface area (Å²) >= 11 is 5.84. The van der Waals surface area contributed by atoms with Crippen molar-refractivity contribution in [3.8, 4) is 0 Å². The lowest BCUT2D eigenvalue weighted by Gasteiger charge is -2.03. The summed E-state index contributed by atoms with van der Waals surface area (Å²) in [6.45, 7) is 0. The zero-order valence-corrected chi connectivity index (χ0v) is 8.45. The van der Waals surface area contributed by atoms with E-state index in [9.17, 15) is 4.79 Å². The normalized spacial score (nSPS) is 9.93. The van der Waals surface area contributed by atoms with Gasteiger partial charge in [0.15, 0.2) is 5.82 Å². The molecule has 0 fully saturated rings. The minimum Gasteiger partial charge on any atom is -0.357 e. The number of nitrogens with zero attached hydrogens (tertiary/aromatic N) is 1. The Morgan fingerprint density at radius 3 is 2.93 bits per heavy atom. The van der Waals surface area contributed by atoms with E-state index in [0.29, 0.717) is 16.5 Å². The monoisotopic (exact) mass is 221 g/mol. The molecular formula is C10H8ClN3O. The van der Waals surface area contributed by atoms with Gasteiger partial charge in [0, 0.05) is 12.4 Å². The fourth-order valence-corrected chi connectivity index (χ4v) is 1.29. The van der Waals surface area contributed by atoms with Crippen LogP contribution in [0.1, 0.15) is 10.5 Å². The van der Waals surface area contributed by atoms with Gasteiger partial charge in [0.1, 0.15) is 5.69 Å². The number of aromatic nitrogens is 2. The molecule has 0 saturated heterocycles. The van der Waals surface area contributed by atoms with Crippen LogP contribution in [0.2, 0.25) is 5.02 Å². The summed E-state index contributed by atoms with van der Waals surface area (Å²) in [6, 6.07) is 6.78. The van der Waals surface area contributed by atoms with Crippen molar-refractivity contribution in [2.24, 2.45) is 0 Å². The van der Waals surface area contributed by atoms with Gasteiger partial charge in [-0.15, -0.1) is 0 Å². The fraction of sp³-hybridized carbons (Fsp3) is 0. The molecule has 2 heterocycles. The Morgan fingerprint density at radius 2 is 2.27 bits per heavy atom. The molecule has 0 atom stereocenters. The lowest BCUT2D eigenvalue weighted by atomic mass is 10.4. The number of amides is 1. The molecule has 0 aliphatic heterocycles. The van der Waals surface area contributed by atoms with Crippen LogP contribution < -0.4 is 5.32 Å². The van der Waals surface area contributed by atoms with Gasteiger partial charge in [-0.1, -0.05) is 11.6 Å². The molecule has 0 aromatic carbocycles. The van der Waals surface area contributed by atoms with Gasteiger partial charge in [0.05, 0.1) is 5.02 Å². The van der Waals surface area contributed by atoms with Gasteiger partial charge in [-0.05, 0) is 24.3 Å². The first-order chi connectivity index (χ1) is 7.27. The summed E-state index contributed by atoms with van der Waals surface area (Å²) in [5.41, 5.74) is 0.469. The summed E-state index contributed by atoms with van der Waals surface area (Å²) in [6.07, 6.45) is 3.24. The number of anilines is 1. The molecule has 2 rings (SSSR count). The maximum atomic E-state index is 11.6. The van der Waals surface area contributed by atoms with Crippen molar-refractivity contribution < 1.29 is 4.79 Å². The van der Waals surface area contributed by atoms with Crippen LogP contribution in [-0.2, 0) is 0 Å². The van der Waals surface area contributed by atoms with E-state index >= 15 is 0 Å². The maximum absolute atomic E-state index is 11.6. The topological polar surface area (TPSA) is 57.8 Å². The van der Waals surface area contributed by atoms with Crippen LogP contribution in [0, 0.1) is 0 Å². The summed E-state index contributed by atoms with van der Waals surface area (Å²) in [4.78, 5) is 18.3. The number of carbonyl (C=O) groups is 1. The highest BCUT2D eigenvalue weighted by atomic mass is 35.5. The number of halogens is 1. The molecule has 0 radical (unpaired) electrons. The van der Waals surface area contributed by atoms with Crippen molar-refractivity contribution in [2.75, 3.05) is 5.32 Å². The van der Waals surface area contributed by atoms with Crippen LogP contribution in [0.3, 0.4) is 0 Å². The van der Waals surface area contributed by atoms with Crippen molar-refractivity contribution in [3.05, 3.63) is 47.4 Å². The Hall–Kier alpha value is -1.81. The molecule has 76 valence electrons. The predicted molar refractivity (Wildman–Crippen MR) is 58.0 cm³/mol. The highest BCUT2D eigenvalue weighted by Crippen LogP contribution is 2.17. The highest BCUT2D eigenvalue weighted by molar-refractivity contribution is 6.33. The standard InChI is InChI=1S/C10H8ClN3O/c11-7-3-1-6-13-9(7)14-10(15)8-4-2-5-12-8/h1-6,12H,(H,13,14,15). The van der Waals surface area contributed by atoms with Crippen molar-refractivity contribution in [1.29, 1.82) is 0 Å². The number of hydrogen-bond donors (Lipinski definition) is 2. The molecule has 0 saturated carbocycles. The Kier molecular flexibility index (Phi) is 2.69. The third kappa shape index (κ3) is 2.16. The first-order valence-electron chi connectivity index (χ1n) is 4.32. The molecule has 0 spiro atoms. The summed E-state index contributed by atoms with van der Waals surface area (Å²) in [5.74, 6) is 0.0966. The van der Waals surface area contributed by atoms with E-state index < -0.39 is 0 Å². The van der Waals surface area contributed by atoms with E-state index in [0.717, 1.165) is 0 Å². The zero-order chi connectivity index (χ0) is 10.7. The minimum absolute atomic E-state index is 0.263. The molecule has 15 heavy (non-hydrogen) atoms. The molecule has 0 aliphatic carbocycles. The van der Waals surface area contributed by atoms with Gasteiger partial charge in [-0.3, -0.25) is 4.79 Å². The molecule has 4 nitrogen and oxygen atoms in total. The lowest BCUT2D eigenvalue weighted by Crippen LogP contribution is -2.13. The summed E-state index contributed by atoms with van der Waals surface area (Å²) < 4.78 is 0. The first-order valence-corrected chi connectivity index (χ1v) is 4.70. The van der Waals surface area contributed by atoms with Crippen LogP contribution in [0.25, 0.3) is 0 Å². The van der Waals surface area contributed by atoms with E-state index in [1.54, 1.807) is 36.7 Å². The molecule has 0 aliphatic rings. The van der Waals surface area contributed by atoms with E-state index in [1.807, 2.05) is 0 Å². The average Bonchev–Trinajstić information content (AvgIpc) is 2.74. The Labute approximate surface area is 91.3 Å². The van der Waals surface area contributed by atoms with Crippen LogP contribution in [-0.4, -0.2) is 15.9 Å². The predicted octanol–water partition coefficient (Wildman–Crippen LogP) is 2.32. The van der Waals surface area contributed by atoms with Crippen molar-refractivity contribution in [3.63, 3.8) is 0 Å². The van der Waals surface area contributed by atoms with Crippen LogP contribution in [0.4, 0.5) is 5.82 Å². The second-order valence-electron chi connectivity index (χ2n) is 2.87. The second kappa shape index (κ2) is 4.14. The van der Waals surface area contributed by atoms with Crippen LogP contribution in [0.15, 0.2) is 36.7 Å². The molecule has 2 aromatic rings. The van der Waals surface area contributed by atoms with Gasteiger partial charge < -0.3 is 10.3 Å². The van der Waals surface area contributed by atoms with Crippen LogP contribution in [0.5, 0.6) is 0 Å². The number of rotatable bonds is 2. The molecule has 1 amide bonds. The summed E-state index contributed by atoms with van der Waals surface area (Å²) in [7, 11) is 0. The van der Waals surface area contributed by atoms with Crippen molar-refractivity contribution in [2.45, 2.75) is 0 Å². The fourth-order valence-electron chi connectivity index (χ4n) is 1.12. The largest absolute Gasteiger partial charge is 0.357 e. The van der Waals surface area contributed by atoms with E-state index in [4.69, 9.17) is 11.6 Å². The first kappa shape index (κ1) is 9.73. The van der Waals surface area contributed by atoms with Gasteiger partial charge >= 0.3 is 0 Å². The van der Waals surface area contributed by atoms with E-state index in [-0.39, 0.29) is 5.91 Å². The average molecular weight is 222 g/mol. The molecule has 5 heteroatoms. The third-order valence-electron chi connectivity index (χ3n) is 1.83. The molecule has 0 bridgehead atoms. The Morgan fingerprint density at radius 1 is 1.40 bits per heavy atom. The van der Waals surface area contributed by atoms with Gasteiger partial charge in [0.2, 0.25) is 0 Å². The number of aromatic amines is 1. The zero-order valence-electron chi connectivity index (χ0n) is 7.70. The summed E-state index contributed by atoms with van der Waals surface area (Å²) in [5, 5.41) is 3.01. The SMILES string of the molecule is O=C(Nc1ncccc1Cl)c1ccc[nH]1. The van der Waals surface area contributed by atoms with E-state index in [2.05, 4.69) is 15.3 Å². The van der Waals surface area contributed by atoms with Gasteiger partial charge in [-0.25, -0.2) is 4.98 Å². The minimum atomic E-state index is -0.263. The van der Waals surface area contributed by atoms with Crippen molar-refractivity contribution >= 4 is 23.3 Å². The third-order valence-corrected chi connectivity index (χ3v) is 2.14. The molecule has 2 aromatic heterocycles. The number of pyridine rings is 1. The van der Waals surface area contributed by atoms with Gasteiger partial charge in [0.25, 0.3) is 5.91 Å². The lowest BCUT2D eigenvalue weighted by molar-refractivity contribution is 0.102. The van der Waals surface area contributed by atoms with Crippen LogP contribution >= 0.6 is 11.6 Å². The maximum Gasteiger partial charge on any atom is 0.273 e. The number of hydrogen-bond acceptors (Lipinski definition) is 2. The van der Waals surface area contributed by atoms with Crippen molar-refractivity contribution in [1.82, 2.24) is 9.97 Å². The quantitative estimate of drug-likeness (QED) is 0.818. The highest BCUT2D eigenvalue weighted by Gasteiger charge is 2.08. The van der Waals surface area contributed by atoms with E-state index in [1.165, 1.54) is 0 Å². The molecular weight excluding hydrogens is 214 g/mol. The Balaban J connectivity index is 2.17. The number of carbonyl (C=O) groups excluding carboxylic acids is 1. The molecule has 0 unspecified atom stereocenters.